The maximum Gasteiger partial charge on any atom is 0.389 e. The number of urea groups is 1. The quantitative estimate of drug-likeness (QED) is 0.497. The molecule has 36 heavy (non-hydrogen) atoms. The molecule has 2 aliphatic rings. The third kappa shape index (κ3) is 4.62. The van der Waals surface area contributed by atoms with E-state index in [4.69, 9.17) is 4.42 Å². The summed E-state index contributed by atoms with van der Waals surface area (Å²) >= 11 is 0. The highest BCUT2D eigenvalue weighted by atomic mass is 19.4. The second-order valence-corrected chi connectivity index (χ2v) is 8.90. The number of Topliss-reactive ketones (excluding diaryl/α,β-unsaturated/α-hetero) is 1. The van der Waals surface area contributed by atoms with Crippen LogP contribution in [-0.2, 0) is 0 Å². The Morgan fingerprint density at radius 1 is 1.22 bits per heavy atom. The monoisotopic (exact) mass is 500 g/mol. The number of ketones is 1. The van der Waals surface area contributed by atoms with Gasteiger partial charge in [0.25, 0.3) is 0 Å². The van der Waals surface area contributed by atoms with E-state index in [1.165, 1.54) is 17.2 Å². The summed E-state index contributed by atoms with van der Waals surface area (Å²) in [4.78, 5) is 42.3. The summed E-state index contributed by atoms with van der Waals surface area (Å²) in [6.45, 7) is 4.78. The van der Waals surface area contributed by atoms with Crippen LogP contribution in [0.5, 0.6) is 0 Å². The second kappa shape index (κ2) is 8.92. The Bertz CT molecular complexity index is 1340. The molecule has 0 saturated carbocycles. The molecule has 12 heteroatoms. The molecule has 0 aromatic carbocycles. The first-order valence-corrected chi connectivity index (χ1v) is 11.4. The van der Waals surface area contributed by atoms with Crippen molar-refractivity contribution in [3.8, 4) is 11.3 Å². The molecular weight excluding hydrogens is 477 g/mol. The van der Waals surface area contributed by atoms with Crippen LogP contribution >= 0.6 is 0 Å². The first kappa shape index (κ1) is 23.8. The van der Waals surface area contributed by atoms with Gasteiger partial charge in [0.05, 0.1) is 24.3 Å². The van der Waals surface area contributed by atoms with Gasteiger partial charge in [-0.25, -0.2) is 19.7 Å². The number of hydrogen-bond donors (Lipinski definition) is 1. The lowest BCUT2D eigenvalue weighted by Crippen LogP contribution is -2.48. The van der Waals surface area contributed by atoms with Crippen molar-refractivity contribution in [1.29, 1.82) is 0 Å². The van der Waals surface area contributed by atoms with Crippen LogP contribution in [0.2, 0.25) is 0 Å². The Morgan fingerprint density at radius 3 is 2.75 bits per heavy atom. The van der Waals surface area contributed by atoms with E-state index in [9.17, 15) is 22.8 Å². The Morgan fingerprint density at radius 2 is 2.03 bits per heavy atom. The number of aromatic nitrogens is 3. The summed E-state index contributed by atoms with van der Waals surface area (Å²) in [5, 5.41) is 2.79. The minimum absolute atomic E-state index is 0.0865. The van der Waals surface area contributed by atoms with Crippen LogP contribution in [0.1, 0.15) is 41.2 Å². The van der Waals surface area contributed by atoms with E-state index in [1.807, 2.05) is 0 Å². The minimum Gasteiger partial charge on any atom is -0.441 e. The predicted molar refractivity (Wildman–Crippen MR) is 125 cm³/mol. The molecule has 0 radical (unpaired) electrons. The van der Waals surface area contributed by atoms with Crippen molar-refractivity contribution in [3.63, 3.8) is 0 Å². The minimum atomic E-state index is -4.44. The van der Waals surface area contributed by atoms with Crippen molar-refractivity contribution < 1.29 is 27.2 Å². The molecule has 5 heterocycles. The fourth-order valence-corrected chi connectivity index (χ4v) is 4.64. The number of rotatable bonds is 5. The molecule has 2 amide bonds. The number of carbonyl (C=O) groups excluding carboxylic acids is 2. The molecule has 1 fully saturated rings. The van der Waals surface area contributed by atoms with Gasteiger partial charge in [0.15, 0.2) is 23.3 Å². The zero-order valence-electron chi connectivity index (χ0n) is 19.6. The highest BCUT2D eigenvalue weighted by molar-refractivity contribution is 6.05. The number of oxazole rings is 1. The number of carbonyl (C=O) groups is 2. The fraction of sp³-hybridized carbons (Fsp3) is 0.375. The number of nitrogens with one attached hydrogen (secondary N) is 1. The fourth-order valence-electron chi connectivity index (χ4n) is 4.64. The normalized spacial score (nSPS) is 16.8. The lowest BCUT2D eigenvalue weighted by Gasteiger charge is -2.36. The van der Waals surface area contributed by atoms with Gasteiger partial charge in [-0.2, -0.15) is 13.2 Å². The summed E-state index contributed by atoms with van der Waals surface area (Å²) in [5.74, 6) is 0.856. The highest BCUT2D eigenvalue weighted by Gasteiger charge is 2.41. The van der Waals surface area contributed by atoms with E-state index >= 15 is 0 Å². The zero-order chi connectivity index (χ0) is 25.6. The molecule has 1 atom stereocenters. The number of pyridine rings is 2. The molecule has 9 nitrogen and oxygen atoms in total. The van der Waals surface area contributed by atoms with Crippen molar-refractivity contribution in [1.82, 2.24) is 15.0 Å². The Kier molecular flexibility index (Phi) is 5.89. The van der Waals surface area contributed by atoms with Crippen LogP contribution in [-0.4, -0.2) is 52.1 Å². The molecule has 1 N–H and O–H groups in total. The topological polar surface area (TPSA) is 104 Å². The average Bonchev–Trinajstić information content (AvgIpc) is 3.43. The largest absolute Gasteiger partial charge is 0.441 e. The van der Waals surface area contributed by atoms with Crippen LogP contribution in [0.15, 0.2) is 35.0 Å². The number of nitrogens with zero attached hydrogens (tertiary/aromatic N) is 5. The molecule has 0 aliphatic carbocycles. The van der Waals surface area contributed by atoms with Gasteiger partial charge >= 0.3 is 12.2 Å². The van der Waals surface area contributed by atoms with Gasteiger partial charge in [-0.15, -0.1) is 0 Å². The third-order valence-corrected chi connectivity index (χ3v) is 6.28. The Labute approximate surface area is 204 Å². The van der Waals surface area contributed by atoms with E-state index in [1.54, 1.807) is 32.2 Å². The van der Waals surface area contributed by atoms with E-state index in [-0.39, 0.29) is 23.4 Å². The smallest absolute Gasteiger partial charge is 0.389 e. The van der Waals surface area contributed by atoms with Crippen LogP contribution in [0.4, 0.5) is 35.3 Å². The second-order valence-electron chi connectivity index (χ2n) is 8.90. The van der Waals surface area contributed by atoms with E-state index in [0.717, 1.165) is 0 Å². The number of aryl methyl sites for hydroxylation is 2. The van der Waals surface area contributed by atoms with Gasteiger partial charge in [-0.1, -0.05) is 0 Å². The highest BCUT2D eigenvalue weighted by Crippen LogP contribution is 2.41. The summed E-state index contributed by atoms with van der Waals surface area (Å²) in [6, 6.07) is 4.18. The number of amides is 2. The van der Waals surface area contributed by atoms with Gasteiger partial charge in [0, 0.05) is 38.2 Å². The molecule has 0 spiro atoms. The number of alkyl halides is 3. The van der Waals surface area contributed by atoms with E-state index < -0.39 is 30.8 Å². The molecule has 3 aromatic rings. The molecule has 3 aromatic heterocycles. The summed E-state index contributed by atoms with van der Waals surface area (Å²) in [6.07, 6.45) is -2.58. The molecule has 0 unspecified atom stereocenters. The maximum absolute atomic E-state index is 13.5. The number of halogens is 3. The van der Waals surface area contributed by atoms with Gasteiger partial charge in [-0.05, 0) is 37.1 Å². The average molecular weight is 500 g/mol. The van der Waals surface area contributed by atoms with Crippen LogP contribution in [0, 0.1) is 13.8 Å². The third-order valence-electron chi connectivity index (χ3n) is 6.28. The van der Waals surface area contributed by atoms with Gasteiger partial charge < -0.3 is 9.32 Å². The van der Waals surface area contributed by atoms with Gasteiger partial charge in [0.2, 0.25) is 0 Å². The molecular formula is C24H23F3N6O3. The van der Waals surface area contributed by atoms with E-state index in [2.05, 4.69) is 25.2 Å². The number of fused-ring (bicyclic) bond motifs is 4. The van der Waals surface area contributed by atoms with Crippen molar-refractivity contribution in [2.45, 2.75) is 45.3 Å². The molecule has 188 valence electrons. The van der Waals surface area contributed by atoms with E-state index in [0.29, 0.717) is 48.0 Å². The molecule has 5 rings (SSSR count). The first-order valence-electron chi connectivity index (χ1n) is 11.4. The molecule has 2 aliphatic heterocycles. The van der Waals surface area contributed by atoms with Crippen molar-refractivity contribution in [3.05, 3.63) is 47.7 Å². The summed E-state index contributed by atoms with van der Waals surface area (Å²) < 4.78 is 43.5. The lowest BCUT2D eigenvalue weighted by atomic mass is 10.1. The number of anilines is 3. The van der Waals surface area contributed by atoms with Crippen LogP contribution < -0.4 is 15.1 Å². The van der Waals surface area contributed by atoms with Crippen LogP contribution in [0.25, 0.3) is 11.3 Å². The SMILES string of the molecule is Cc1ncc(-c2ccnc(NC(=O)N3c4nc(C(=O)CCC(F)(F)F)cc(C)c4N4CC[C@H]3C4)c2)o1. The maximum atomic E-state index is 13.5. The van der Waals surface area contributed by atoms with Gasteiger partial charge in [-0.3, -0.25) is 15.0 Å². The van der Waals surface area contributed by atoms with Crippen LogP contribution in [0.3, 0.4) is 0 Å². The zero-order valence-corrected chi connectivity index (χ0v) is 19.6. The van der Waals surface area contributed by atoms with Crippen molar-refractivity contribution in [2.24, 2.45) is 0 Å². The summed E-state index contributed by atoms with van der Waals surface area (Å²) in [7, 11) is 0. The molecule has 2 bridgehead atoms. The van der Waals surface area contributed by atoms with Crippen molar-refractivity contribution >= 4 is 29.1 Å². The lowest BCUT2D eigenvalue weighted by molar-refractivity contribution is -0.133. The Balaban J connectivity index is 1.44. The predicted octanol–water partition coefficient (Wildman–Crippen LogP) is 4.90. The Hall–Kier alpha value is -3.96. The van der Waals surface area contributed by atoms with Crippen molar-refractivity contribution in [2.75, 3.05) is 28.2 Å². The standard InChI is InChI=1S/C24H23F3N6O3/c1-13-9-17(18(34)3-6-24(25,26)27)30-22-21(13)32-8-5-16(12-32)33(22)23(35)31-20-10-15(4-7-28-20)19-11-29-14(2)36-19/h4,7,9-11,16H,3,5-6,8,12H2,1-2H3,(H,28,31,35)/t16-/m0/s1. The first-order chi connectivity index (χ1) is 17.1. The number of hydrogen-bond acceptors (Lipinski definition) is 7. The van der Waals surface area contributed by atoms with Gasteiger partial charge in [0.1, 0.15) is 11.5 Å². The summed E-state index contributed by atoms with van der Waals surface area (Å²) in [5.41, 5.74) is 1.97. The molecule has 1 saturated heterocycles.